The molecule has 4 heteroatoms. The van der Waals surface area contributed by atoms with Gasteiger partial charge in [0.1, 0.15) is 0 Å². The number of nitrogens with zero attached hydrogens (tertiary/aromatic N) is 2. The summed E-state index contributed by atoms with van der Waals surface area (Å²) in [6, 6.07) is 0.815. The minimum absolute atomic E-state index is 0. The van der Waals surface area contributed by atoms with Crippen LogP contribution in [0, 0.1) is 5.41 Å². The van der Waals surface area contributed by atoms with E-state index >= 15 is 0 Å². The molecule has 2 heterocycles. The van der Waals surface area contributed by atoms with Crippen LogP contribution in [0.3, 0.4) is 0 Å². The summed E-state index contributed by atoms with van der Waals surface area (Å²) in [6.45, 7) is 12.2. The molecule has 108 valence electrons. The Labute approximate surface area is 119 Å². The van der Waals surface area contributed by atoms with Gasteiger partial charge in [-0.25, -0.2) is 0 Å². The topological polar surface area (TPSA) is 18.5 Å². The Morgan fingerprint density at radius 3 is 2.50 bits per heavy atom. The lowest BCUT2D eigenvalue weighted by Crippen LogP contribution is -2.46. The van der Waals surface area contributed by atoms with Crippen LogP contribution in [0.15, 0.2) is 0 Å². The van der Waals surface area contributed by atoms with Crippen LogP contribution in [-0.4, -0.2) is 62.2 Å². The Morgan fingerprint density at radius 2 is 2.00 bits per heavy atom. The van der Waals surface area contributed by atoms with Gasteiger partial charge in [-0.1, -0.05) is 13.8 Å². The summed E-state index contributed by atoms with van der Waals surface area (Å²) < 4.78 is 0. The molecule has 0 aromatic heterocycles. The standard InChI is InChI=1S/C14H29N3.ClH/c1-4-17-9-5-13(6-10-17)16(3)12-14(2)7-8-15-11-14;/h13,15H,4-12H2,1-3H3;1H. The molecule has 0 aromatic carbocycles. The molecule has 0 aromatic rings. The van der Waals surface area contributed by atoms with Crippen molar-refractivity contribution in [2.75, 3.05) is 46.3 Å². The highest BCUT2D eigenvalue weighted by atomic mass is 35.5. The van der Waals surface area contributed by atoms with Crippen LogP contribution in [0.4, 0.5) is 0 Å². The first-order valence-corrected chi connectivity index (χ1v) is 7.26. The van der Waals surface area contributed by atoms with Crippen molar-refractivity contribution in [1.82, 2.24) is 15.1 Å². The zero-order chi connectivity index (χ0) is 12.3. The molecule has 2 rings (SSSR count). The second-order valence-corrected chi connectivity index (χ2v) is 6.32. The molecule has 0 bridgehead atoms. The number of likely N-dealkylation sites (tertiary alicyclic amines) is 1. The number of nitrogens with one attached hydrogen (secondary N) is 1. The second kappa shape index (κ2) is 7.09. The predicted molar refractivity (Wildman–Crippen MR) is 80.6 cm³/mol. The minimum Gasteiger partial charge on any atom is -0.316 e. The molecule has 2 saturated heterocycles. The van der Waals surface area contributed by atoms with E-state index in [0.29, 0.717) is 5.41 Å². The van der Waals surface area contributed by atoms with E-state index in [-0.39, 0.29) is 12.4 Å². The van der Waals surface area contributed by atoms with Gasteiger partial charge in [-0.3, -0.25) is 0 Å². The van der Waals surface area contributed by atoms with Crippen molar-refractivity contribution < 1.29 is 0 Å². The van der Waals surface area contributed by atoms with Crippen LogP contribution < -0.4 is 5.32 Å². The summed E-state index contributed by atoms with van der Waals surface area (Å²) in [5, 5.41) is 3.50. The maximum Gasteiger partial charge on any atom is 0.0117 e. The summed E-state index contributed by atoms with van der Waals surface area (Å²) in [7, 11) is 2.33. The normalized spacial score (nSPS) is 30.7. The molecule has 0 amide bonds. The average molecular weight is 276 g/mol. The Kier molecular flexibility index (Phi) is 6.39. The molecule has 0 saturated carbocycles. The largest absolute Gasteiger partial charge is 0.316 e. The highest BCUT2D eigenvalue weighted by Gasteiger charge is 2.32. The Balaban J connectivity index is 0.00000162. The third kappa shape index (κ3) is 4.09. The number of hydrogen-bond acceptors (Lipinski definition) is 3. The van der Waals surface area contributed by atoms with E-state index < -0.39 is 0 Å². The van der Waals surface area contributed by atoms with Gasteiger partial charge in [-0.15, -0.1) is 12.4 Å². The molecule has 3 nitrogen and oxygen atoms in total. The number of piperidine rings is 1. The maximum atomic E-state index is 3.50. The fourth-order valence-corrected chi connectivity index (χ4v) is 3.41. The summed E-state index contributed by atoms with van der Waals surface area (Å²) in [5.41, 5.74) is 0.511. The Morgan fingerprint density at radius 1 is 1.33 bits per heavy atom. The molecule has 0 spiro atoms. The van der Waals surface area contributed by atoms with Gasteiger partial charge in [0, 0.05) is 19.1 Å². The van der Waals surface area contributed by atoms with Crippen LogP contribution in [0.5, 0.6) is 0 Å². The molecule has 1 unspecified atom stereocenters. The molecule has 0 aliphatic carbocycles. The van der Waals surface area contributed by atoms with E-state index in [4.69, 9.17) is 0 Å². The molecule has 2 aliphatic rings. The van der Waals surface area contributed by atoms with Crippen LogP contribution in [0.1, 0.15) is 33.1 Å². The predicted octanol–water partition coefficient (Wildman–Crippen LogP) is 1.82. The number of rotatable bonds is 4. The third-order valence-corrected chi connectivity index (χ3v) is 4.72. The lowest BCUT2D eigenvalue weighted by atomic mass is 9.88. The van der Waals surface area contributed by atoms with Crippen molar-refractivity contribution in [2.45, 2.75) is 39.2 Å². The maximum absolute atomic E-state index is 3.50. The second-order valence-electron chi connectivity index (χ2n) is 6.32. The number of hydrogen-bond donors (Lipinski definition) is 1. The van der Waals surface area contributed by atoms with E-state index in [2.05, 4.69) is 36.0 Å². The van der Waals surface area contributed by atoms with Crippen molar-refractivity contribution >= 4 is 12.4 Å². The lowest BCUT2D eigenvalue weighted by molar-refractivity contribution is 0.0993. The molecule has 2 aliphatic heterocycles. The molecule has 0 radical (unpaired) electrons. The van der Waals surface area contributed by atoms with Gasteiger partial charge in [0.25, 0.3) is 0 Å². The van der Waals surface area contributed by atoms with Gasteiger partial charge in [-0.2, -0.15) is 0 Å². The zero-order valence-electron chi connectivity index (χ0n) is 12.2. The average Bonchev–Trinajstić information content (AvgIpc) is 2.76. The lowest BCUT2D eigenvalue weighted by Gasteiger charge is -2.39. The molecule has 1 atom stereocenters. The molecule has 1 N–H and O–H groups in total. The summed E-state index contributed by atoms with van der Waals surface area (Å²) in [5.74, 6) is 0. The Bertz CT molecular complexity index is 233. The highest BCUT2D eigenvalue weighted by Crippen LogP contribution is 2.27. The van der Waals surface area contributed by atoms with Gasteiger partial charge in [0.2, 0.25) is 0 Å². The van der Waals surface area contributed by atoms with Gasteiger partial charge in [0.05, 0.1) is 0 Å². The SMILES string of the molecule is CCN1CCC(N(C)CC2(C)CCNC2)CC1.Cl. The van der Waals surface area contributed by atoms with Gasteiger partial charge >= 0.3 is 0 Å². The molecular weight excluding hydrogens is 246 g/mol. The van der Waals surface area contributed by atoms with Crippen molar-refractivity contribution in [2.24, 2.45) is 5.41 Å². The molecular formula is C14H30ClN3. The van der Waals surface area contributed by atoms with Crippen LogP contribution >= 0.6 is 12.4 Å². The van der Waals surface area contributed by atoms with E-state index in [1.165, 1.54) is 58.5 Å². The van der Waals surface area contributed by atoms with E-state index in [9.17, 15) is 0 Å². The van der Waals surface area contributed by atoms with Crippen LogP contribution in [-0.2, 0) is 0 Å². The smallest absolute Gasteiger partial charge is 0.0117 e. The third-order valence-electron chi connectivity index (χ3n) is 4.72. The van der Waals surface area contributed by atoms with Gasteiger partial charge in [0.15, 0.2) is 0 Å². The van der Waals surface area contributed by atoms with E-state index in [1.54, 1.807) is 0 Å². The summed E-state index contributed by atoms with van der Waals surface area (Å²) >= 11 is 0. The van der Waals surface area contributed by atoms with Gasteiger partial charge in [-0.05, 0) is 57.9 Å². The van der Waals surface area contributed by atoms with Crippen molar-refractivity contribution in [3.05, 3.63) is 0 Å². The van der Waals surface area contributed by atoms with Crippen molar-refractivity contribution in [3.8, 4) is 0 Å². The Hall–Kier alpha value is 0.170. The van der Waals surface area contributed by atoms with E-state index in [0.717, 1.165) is 6.04 Å². The van der Waals surface area contributed by atoms with Crippen LogP contribution in [0.2, 0.25) is 0 Å². The first kappa shape index (κ1) is 16.2. The van der Waals surface area contributed by atoms with Crippen molar-refractivity contribution in [1.29, 1.82) is 0 Å². The molecule has 18 heavy (non-hydrogen) atoms. The summed E-state index contributed by atoms with van der Waals surface area (Å²) in [4.78, 5) is 5.20. The summed E-state index contributed by atoms with van der Waals surface area (Å²) in [6.07, 6.45) is 4.05. The first-order valence-electron chi connectivity index (χ1n) is 7.26. The quantitative estimate of drug-likeness (QED) is 0.845. The number of halogens is 1. The highest BCUT2D eigenvalue weighted by molar-refractivity contribution is 5.85. The van der Waals surface area contributed by atoms with Crippen molar-refractivity contribution in [3.63, 3.8) is 0 Å². The minimum atomic E-state index is 0. The monoisotopic (exact) mass is 275 g/mol. The molecule has 2 fully saturated rings. The van der Waals surface area contributed by atoms with Gasteiger partial charge < -0.3 is 15.1 Å². The zero-order valence-corrected chi connectivity index (χ0v) is 13.1. The van der Waals surface area contributed by atoms with E-state index in [1.807, 2.05) is 0 Å². The fraction of sp³-hybridized carbons (Fsp3) is 1.00. The van der Waals surface area contributed by atoms with Crippen LogP contribution in [0.25, 0.3) is 0 Å². The fourth-order valence-electron chi connectivity index (χ4n) is 3.41. The first-order chi connectivity index (χ1) is 8.13.